The second-order valence-electron chi connectivity index (χ2n) is 6.70. The molecule has 0 aliphatic carbocycles. The number of hydrogen-bond acceptors (Lipinski definition) is 2. The van der Waals surface area contributed by atoms with E-state index in [1.807, 2.05) is 54.6 Å². The van der Waals surface area contributed by atoms with Gasteiger partial charge in [0.15, 0.2) is 0 Å². The van der Waals surface area contributed by atoms with E-state index in [0.29, 0.717) is 6.07 Å². The van der Waals surface area contributed by atoms with Gasteiger partial charge in [-0.05, 0) is 28.3 Å². The normalized spacial score (nSPS) is 11.7. The quantitative estimate of drug-likeness (QED) is 0.645. The maximum atomic E-state index is 13.7. The van der Waals surface area contributed by atoms with Crippen molar-refractivity contribution in [1.82, 2.24) is 5.32 Å². The second kappa shape index (κ2) is 9.10. The van der Waals surface area contributed by atoms with Gasteiger partial charge >= 0.3 is 0 Å². The summed E-state index contributed by atoms with van der Waals surface area (Å²) in [4.78, 5) is 24.0. The molecule has 0 aliphatic heterocycles. The van der Waals surface area contributed by atoms with Crippen LogP contribution in [0.25, 0.3) is 11.1 Å². The molecule has 3 rings (SSSR count). The lowest BCUT2D eigenvalue weighted by Gasteiger charge is -2.16. The van der Waals surface area contributed by atoms with Crippen molar-refractivity contribution in [2.45, 2.75) is 18.9 Å². The monoisotopic (exact) mass is 394 g/mol. The molecule has 3 aromatic carbocycles. The molecule has 0 heterocycles. The zero-order valence-corrected chi connectivity index (χ0v) is 15.6. The van der Waals surface area contributed by atoms with E-state index >= 15 is 0 Å². The highest BCUT2D eigenvalue weighted by molar-refractivity contribution is 5.87. The van der Waals surface area contributed by atoms with Crippen LogP contribution in [0.2, 0.25) is 0 Å². The molecule has 0 fully saturated rings. The highest BCUT2D eigenvalue weighted by atomic mass is 19.1. The van der Waals surface area contributed by atoms with Crippen molar-refractivity contribution < 1.29 is 18.4 Å². The molecule has 2 amide bonds. The van der Waals surface area contributed by atoms with Crippen molar-refractivity contribution in [1.29, 1.82) is 0 Å². The predicted molar refractivity (Wildman–Crippen MR) is 107 cm³/mol. The number of halogens is 2. The smallest absolute Gasteiger partial charge is 0.240 e. The van der Waals surface area contributed by atoms with Crippen molar-refractivity contribution in [3.05, 3.63) is 95.6 Å². The van der Waals surface area contributed by atoms with E-state index in [4.69, 9.17) is 5.73 Å². The van der Waals surface area contributed by atoms with Gasteiger partial charge in [0.25, 0.3) is 0 Å². The van der Waals surface area contributed by atoms with Gasteiger partial charge in [-0.2, -0.15) is 0 Å². The molecule has 0 spiro atoms. The van der Waals surface area contributed by atoms with Gasteiger partial charge < -0.3 is 11.1 Å². The summed E-state index contributed by atoms with van der Waals surface area (Å²) in [6.07, 6.45) is -0.106. The molecule has 148 valence electrons. The number of amides is 2. The van der Waals surface area contributed by atoms with Gasteiger partial charge in [0.05, 0.1) is 6.42 Å². The molecule has 0 aromatic heterocycles. The van der Waals surface area contributed by atoms with Gasteiger partial charge in [0.1, 0.15) is 17.7 Å². The summed E-state index contributed by atoms with van der Waals surface area (Å²) in [5.74, 6) is -2.79. The standard InChI is InChI=1S/C23H20F2N2O2/c24-19-11-10-18(20(25)14-19)13-22(28)27-21(23(26)29)12-15-6-8-17(9-7-15)16-4-2-1-3-5-16/h1-11,14,21H,12-13H2,(H2,26,29)(H,27,28)/t21-/m0/s1. The van der Waals surface area contributed by atoms with Gasteiger partial charge in [0.2, 0.25) is 11.8 Å². The van der Waals surface area contributed by atoms with E-state index in [-0.39, 0.29) is 18.4 Å². The van der Waals surface area contributed by atoms with Crippen molar-refractivity contribution in [3.63, 3.8) is 0 Å². The fourth-order valence-corrected chi connectivity index (χ4v) is 3.01. The van der Waals surface area contributed by atoms with E-state index in [0.717, 1.165) is 22.8 Å². The van der Waals surface area contributed by atoms with Gasteiger partial charge in [-0.15, -0.1) is 0 Å². The third-order valence-electron chi connectivity index (χ3n) is 4.55. The molecule has 4 nitrogen and oxygen atoms in total. The predicted octanol–water partition coefficient (Wildman–Crippen LogP) is 3.39. The van der Waals surface area contributed by atoms with E-state index in [1.165, 1.54) is 6.07 Å². The minimum atomic E-state index is -0.936. The Morgan fingerprint density at radius 2 is 1.55 bits per heavy atom. The molecule has 0 saturated heterocycles. The maximum Gasteiger partial charge on any atom is 0.240 e. The summed E-state index contributed by atoms with van der Waals surface area (Å²) < 4.78 is 26.7. The van der Waals surface area contributed by atoms with Crippen LogP contribution in [0.1, 0.15) is 11.1 Å². The Kier molecular flexibility index (Phi) is 6.34. The molecule has 0 radical (unpaired) electrons. The molecule has 0 saturated carbocycles. The van der Waals surface area contributed by atoms with E-state index in [1.54, 1.807) is 0 Å². The molecule has 6 heteroatoms. The molecule has 1 atom stereocenters. The van der Waals surface area contributed by atoms with Crippen LogP contribution in [-0.2, 0) is 22.4 Å². The summed E-state index contributed by atoms with van der Waals surface area (Å²) in [5, 5.41) is 2.53. The summed E-state index contributed by atoms with van der Waals surface area (Å²) in [5.41, 5.74) is 8.38. The van der Waals surface area contributed by atoms with Gasteiger partial charge in [-0.1, -0.05) is 60.7 Å². The lowest BCUT2D eigenvalue weighted by molar-refractivity contribution is -0.127. The second-order valence-corrected chi connectivity index (χ2v) is 6.70. The van der Waals surface area contributed by atoms with Crippen LogP contribution in [-0.4, -0.2) is 17.9 Å². The number of hydrogen-bond donors (Lipinski definition) is 2. The van der Waals surface area contributed by atoms with Crippen molar-refractivity contribution >= 4 is 11.8 Å². The first-order valence-corrected chi connectivity index (χ1v) is 9.09. The molecule has 3 N–H and O–H groups in total. The Morgan fingerprint density at radius 3 is 2.17 bits per heavy atom. The van der Waals surface area contributed by atoms with Crippen molar-refractivity contribution in [2.24, 2.45) is 5.73 Å². The highest BCUT2D eigenvalue weighted by Crippen LogP contribution is 2.19. The Hall–Kier alpha value is -3.54. The number of nitrogens with two attached hydrogens (primary N) is 1. The third-order valence-corrected chi connectivity index (χ3v) is 4.55. The van der Waals surface area contributed by atoms with Gasteiger partial charge in [-0.3, -0.25) is 9.59 Å². The zero-order chi connectivity index (χ0) is 20.8. The minimum absolute atomic E-state index is 0.0411. The van der Waals surface area contributed by atoms with E-state index < -0.39 is 29.5 Å². The molecular formula is C23H20F2N2O2. The average Bonchev–Trinajstić information content (AvgIpc) is 2.71. The van der Waals surface area contributed by atoms with Crippen molar-refractivity contribution in [2.75, 3.05) is 0 Å². The lowest BCUT2D eigenvalue weighted by Crippen LogP contribution is -2.46. The van der Waals surface area contributed by atoms with Crippen molar-refractivity contribution in [3.8, 4) is 11.1 Å². The SMILES string of the molecule is NC(=O)[C@H](Cc1ccc(-c2ccccc2)cc1)NC(=O)Cc1ccc(F)cc1F. The fourth-order valence-electron chi connectivity index (χ4n) is 3.01. The summed E-state index contributed by atoms with van der Waals surface area (Å²) in [7, 11) is 0. The van der Waals surface area contributed by atoms with Gasteiger partial charge in [0, 0.05) is 12.5 Å². The number of benzene rings is 3. The van der Waals surface area contributed by atoms with Crippen LogP contribution in [0, 0.1) is 11.6 Å². The summed E-state index contributed by atoms with van der Waals surface area (Å²) in [6.45, 7) is 0. The minimum Gasteiger partial charge on any atom is -0.368 e. The Morgan fingerprint density at radius 1 is 0.897 bits per heavy atom. The van der Waals surface area contributed by atoms with Gasteiger partial charge in [-0.25, -0.2) is 8.78 Å². The van der Waals surface area contributed by atoms with Crippen LogP contribution in [0.4, 0.5) is 8.78 Å². The lowest BCUT2D eigenvalue weighted by atomic mass is 10.00. The van der Waals surface area contributed by atoms with Crippen LogP contribution in [0.3, 0.4) is 0 Å². The summed E-state index contributed by atoms with van der Waals surface area (Å²) >= 11 is 0. The fraction of sp³-hybridized carbons (Fsp3) is 0.130. The number of rotatable bonds is 7. The number of nitrogens with one attached hydrogen (secondary N) is 1. The Balaban J connectivity index is 1.65. The molecule has 3 aromatic rings. The number of carbonyl (C=O) groups excluding carboxylic acids is 2. The maximum absolute atomic E-state index is 13.7. The summed E-state index contributed by atoms with van der Waals surface area (Å²) in [6, 6.07) is 19.5. The van der Waals surface area contributed by atoms with E-state index in [2.05, 4.69) is 5.32 Å². The molecule has 0 aliphatic rings. The molecular weight excluding hydrogens is 374 g/mol. The van der Waals surface area contributed by atoms with Crippen LogP contribution in [0.15, 0.2) is 72.8 Å². The Bertz CT molecular complexity index is 1010. The van der Waals surface area contributed by atoms with Crippen LogP contribution in [0.5, 0.6) is 0 Å². The number of primary amides is 1. The van der Waals surface area contributed by atoms with E-state index in [9.17, 15) is 18.4 Å². The van der Waals surface area contributed by atoms with Crippen LogP contribution >= 0.6 is 0 Å². The largest absolute Gasteiger partial charge is 0.368 e. The first-order chi connectivity index (χ1) is 13.9. The average molecular weight is 394 g/mol. The highest BCUT2D eigenvalue weighted by Gasteiger charge is 2.19. The molecule has 29 heavy (non-hydrogen) atoms. The Labute approximate surface area is 167 Å². The molecule has 0 unspecified atom stereocenters. The first-order valence-electron chi connectivity index (χ1n) is 9.09. The zero-order valence-electron chi connectivity index (χ0n) is 15.6. The molecule has 0 bridgehead atoms. The third kappa shape index (κ3) is 5.48. The topological polar surface area (TPSA) is 72.2 Å². The first kappa shape index (κ1) is 20.2. The van der Waals surface area contributed by atoms with Crippen LogP contribution < -0.4 is 11.1 Å². The number of carbonyl (C=O) groups is 2.